The molecule has 0 aliphatic carbocycles. The molecule has 7 nitrogen and oxygen atoms in total. The average molecular weight is 489 g/mol. The van der Waals surface area contributed by atoms with Crippen LogP contribution in [-0.2, 0) is 5.41 Å². The third-order valence-electron chi connectivity index (χ3n) is 5.75. The van der Waals surface area contributed by atoms with Crippen LogP contribution in [0.15, 0.2) is 60.8 Å². The van der Waals surface area contributed by atoms with Crippen molar-refractivity contribution in [1.82, 2.24) is 15.0 Å². The number of halogens is 1. The number of benzene rings is 2. The van der Waals surface area contributed by atoms with E-state index in [4.69, 9.17) is 10.7 Å². The molecule has 2 aromatic heterocycles. The van der Waals surface area contributed by atoms with E-state index < -0.39 is 0 Å². The maximum absolute atomic E-state index is 13.3. The lowest BCUT2D eigenvalue weighted by Crippen LogP contribution is -2.31. The monoisotopic (exact) mass is 488 g/mol. The second kappa shape index (κ2) is 8.74. The van der Waals surface area contributed by atoms with Gasteiger partial charge in [-0.05, 0) is 48.0 Å². The second-order valence-corrected chi connectivity index (χ2v) is 10.4. The van der Waals surface area contributed by atoms with Crippen LogP contribution < -0.4 is 15.5 Å². The van der Waals surface area contributed by atoms with Gasteiger partial charge < -0.3 is 5.73 Å². The molecule has 9 heteroatoms. The van der Waals surface area contributed by atoms with E-state index in [1.807, 2.05) is 24.3 Å². The van der Waals surface area contributed by atoms with Gasteiger partial charge >= 0.3 is 6.03 Å². The summed E-state index contributed by atoms with van der Waals surface area (Å²) < 4.78 is 13.3. The number of carbonyl (C=O) groups is 1. The minimum absolute atomic E-state index is 0.141. The quantitative estimate of drug-likeness (QED) is 0.396. The number of amides is 2. The van der Waals surface area contributed by atoms with Gasteiger partial charge in [-0.3, -0.25) is 9.80 Å². The van der Waals surface area contributed by atoms with Crippen molar-refractivity contribution in [2.75, 3.05) is 28.6 Å². The largest absolute Gasteiger partial charge is 0.368 e. The molecule has 0 unspecified atom stereocenters. The number of hydrogen-bond donors (Lipinski definition) is 1. The first-order valence-corrected chi connectivity index (χ1v) is 12.1. The van der Waals surface area contributed by atoms with Gasteiger partial charge in [-0.25, -0.2) is 24.1 Å². The number of thiazole rings is 1. The van der Waals surface area contributed by atoms with Crippen LogP contribution >= 0.6 is 11.3 Å². The first-order chi connectivity index (χ1) is 16.7. The van der Waals surface area contributed by atoms with Gasteiger partial charge in [0, 0.05) is 36.1 Å². The highest BCUT2D eigenvalue weighted by atomic mass is 32.1. The van der Waals surface area contributed by atoms with Gasteiger partial charge in [0.2, 0.25) is 5.95 Å². The molecular formula is C26H25FN6OS. The molecule has 0 spiro atoms. The highest BCUT2D eigenvalue weighted by Gasteiger charge is 2.31. The summed E-state index contributed by atoms with van der Waals surface area (Å²) in [4.78, 5) is 30.9. The van der Waals surface area contributed by atoms with Crippen LogP contribution in [0.4, 0.5) is 26.5 Å². The SMILES string of the molecule is CC(C)(C)c1nc(-c2ccnc(N)n2)c(-c2cccc(N3CCN(c4ccc(F)cc4)C3=O)c2)s1. The molecule has 1 aliphatic heterocycles. The topological polar surface area (TPSA) is 88.2 Å². The van der Waals surface area contributed by atoms with Crippen molar-refractivity contribution in [3.05, 3.63) is 71.6 Å². The number of carbonyl (C=O) groups excluding carboxylic acids is 1. The molecule has 0 radical (unpaired) electrons. The predicted molar refractivity (Wildman–Crippen MR) is 138 cm³/mol. The summed E-state index contributed by atoms with van der Waals surface area (Å²) in [5.41, 5.74) is 9.51. The molecular weight excluding hydrogens is 463 g/mol. The van der Waals surface area contributed by atoms with E-state index in [9.17, 15) is 9.18 Å². The summed E-state index contributed by atoms with van der Waals surface area (Å²) >= 11 is 1.61. The highest BCUT2D eigenvalue weighted by Crippen LogP contribution is 2.41. The fraction of sp³-hybridized carbons (Fsp3) is 0.231. The fourth-order valence-electron chi connectivity index (χ4n) is 3.97. The Morgan fingerprint density at radius 3 is 2.37 bits per heavy atom. The van der Waals surface area contributed by atoms with E-state index in [1.165, 1.54) is 12.1 Å². The van der Waals surface area contributed by atoms with E-state index in [2.05, 4.69) is 30.7 Å². The summed E-state index contributed by atoms with van der Waals surface area (Å²) in [5.74, 6) is -0.138. The zero-order valence-electron chi connectivity index (χ0n) is 19.7. The van der Waals surface area contributed by atoms with Crippen molar-refractivity contribution in [3.8, 4) is 21.8 Å². The van der Waals surface area contributed by atoms with Crippen LogP contribution in [0.2, 0.25) is 0 Å². The number of hydrogen-bond acceptors (Lipinski definition) is 6. The lowest BCUT2D eigenvalue weighted by molar-refractivity contribution is 0.256. The van der Waals surface area contributed by atoms with Crippen LogP contribution in [0.5, 0.6) is 0 Å². The number of nitrogen functional groups attached to an aromatic ring is 1. The van der Waals surface area contributed by atoms with Crippen LogP contribution in [0.3, 0.4) is 0 Å². The Labute approximate surface area is 207 Å². The van der Waals surface area contributed by atoms with Crippen molar-refractivity contribution in [3.63, 3.8) is 0 Å². The molecule has 2 N–H and O–H groups in total. The molecule has 5 rings (SSSR count). The molecule has 3 heterocycles. The normalized spacial score (nSPS) is 14.1. The summed E-state index contributed by atoms with van der Waals surface area (Å²) in [6.45, 7) is 7.42. The standard InChI is InChI=1S/C26H25FN6OS/c1-26(2,3)23-31-21(20-11-12-29-24(28)30-20)22(35-23)16-5-4-6-19(15-16)33-14-13-32(25(33)34)18-9-7-17(27)8-10-18/h4-12,15H,13-14H2,1-3H3,(H2,28,29,30). The maximum atomic E-state index is 13.3. The molecule has 4 aromatic rings. The number of anilines is 3. The van der Waals surface area contributed by atoms with Crippen molar-refractivity contribution in [2.45, 2.75) is 26.2 Å². The van der Waals surface area contributed by atoms with Gasteiger partial charge in [-0.1, -0.05) is 32.9 Å². The number of urea groups is 1. The van der Waals surface area contributed by atoms with E-state index in [-0.39, 0.29) is 23.2 Å². The Kier molecular flexibility index (Phi) is 5.72. The summed E-state index contributed by atoms with van der Waals surface area (Å²) in [6, 6.07) is 15.5. The van der Waals surface area contributed by atoms with E-state index in [0.29, 0.717) is 24.5 Å². The summed E-state index contributed by atoms with van der Waals surface area (Å²) in [6.07, 6.45) is 1.63. The van der Waals surface area contributed by atoms with Gasteiger partial charge in [0.25, 0.3) is 0 Å². The Morgan fingerprint density at radius 1 is 0.971 bits per heavy atom. The van der Waals surface area contributed by atoms with Crippen LogP contribution in [0.1, 0.15) is 25.8 Å². The van der Waals surface area contributed by atoms with Crippen molar-refractivity contribution >= 4 is 34.7 Å². The van der Waals surface area contributed by atoms with Gasteiger partial charge in [-0.15, -0.1) is 11.3 Å². The number of nitrogens with two attached hydrogens (primary N) is 1. The lowest BCUT2D eigenvalue weighted by atomic mass is 9.98. The van der Waals surface area contributed by atoms with E-state index in [1.54, 1.807) is 45.5 Å². The molecule has 0 saturated carbocycles. The Hall–Kier alpha value is -3.85. The smallest absolute Gasteiger partial charge is 0.329 e. The minimum atomic E-state index is -0.328. The number of aromatic nitrogens is 3. The Morgan fingerprint density at radius 2 is 1.69 bits per heavy atom. The average Bonchev–Trinajstić information content (AvgIpc) is 3.44. The molecule has 0 atom stereocenters. The lowest BCUT2D eigenvalue weighted by Gasteiger charge is -2.19. The van der Waals surface area contributed by atoms with Gasteiger partial charge in [0.1, 0.15) is 11.5 Å². The second-order valence-electron chi connectivity index (χ2n) is 9.36. The molecule has 2 aromatic carbocycles. The van der Waals surface area contributed by atoms with Crippen molar-refractivity contribution < 1.29 is 9.18 Å². The highest BCUT2D eigenvalue weighted by molar-refractivity contribution is 7.15. The maximum Gasteiger partial charge on any atom is 0.329 e. The molecule has 1 aliphatic rings. The summed E-state index contributed by atoms with van der Waals surface area (Å²) in [7, 11) is 0. The third-order valence-corrected chi connectivity index (χ3v) is 7.28. The fourth-order valence-corrected chi connectivity index (χ4v) is 5.10. The van der Waals surface area contributed by atoms with Crippen LogP contribution in [0.25, 0.3) is 21.8 Å². The Balaban J connectivity index is 1.52. The van der Waals surface area contributed by atoms with Crippen LogP contribution in [0, 0.1) is 5.82 Å². The molecule has 35 heavy (non-hydrogen) atoms. The molecule has 2 amide bonds. The molecule has 178 valence electrons. The van der Waals surface area contributed by atoms with E-state index >= 15 is 0 Å². The number of nitrogens with zero attached hydrogens (tertiary/aromatic N) is 5. The Bertz CT molecular complexity index is 1400. The van der Waals surface area contributed by atoms with Crippen molar-refractivity contribution in [2.24, 2.45) is 0 Å². The molecule has 1 fully saturated rings. The van der Waals surface area contributed by atoms with Gasteiger partial charge in [-0.2, -0.15) is 0 Å². The molecule has 1 saturated heterocycles. The first-order valence-electron chi connectivity index (χ1n) is 11.3. The number of rotatable bonds is 4. The zero-order valence-corrected chi connectivity index (χ0v) is 20.5. The molecule has 0 bridgehead atoms. The van der Waals surface area contributed by atoms with E-state index in [0.717, 1.165) is 26.8 Å². The van der Waals surface area contributed by atoms with Crippen molar-refractivity contribution in [1.29, 1.82) is 0 Å². The predicted octanol–water partition coefficient (Wildman–Crippen LogP) is 5.73. The van der Waals surface area contributed by atoms with Gasteiger partial charge in [0.15, 0.2) is 0 Å². The minimum Gasteiger partial charge on any atom is -0.368 e. The zero-order chi connectivity index (χ0) is 24.7. The third kappa shape index (κ3) is 4.46. The van der Waals surface area contributed by atoms with Crippen LogP contribution in [-0.4, -0.2) is 34.1 Å². The summed E-state index contributed by atoms with van der Waals surface area (Å²) in [5, 5.41) is 0.977. The first kappa shape index (κ1) is 22.9. The van der Waals surface area contributed by atoms with Gasteiger partial charge in [0.05, 0.1) is 15.6 Å².